The zero-order valence-corrected chi connectivity index (χ0v) is 7.44. The topological polar surface area (TPSA) is 17.1 Å². The van der Waals surface area contributed by atoms with Gasteiger partial charge in [-0.1, -0.05) is 30.3 Å². The van der Waals surface area contributed by atoms with Crippen LogP contribution in [0.2, 0.25) is 0 Å². The molecule has 66 valence electrons. The van der Waals surface area contributed by atoms with Gasteiger partial charge in [-0.3, -0.25) is 4.79 Å². The van der Waals surface area contributed by atoms with E-state index in [1.807, 2.05) is 6.07 Å². The number of carbonyl (C=O) groups is 1. The molecule has 0 spiro atoms. The Morgan fingerprint density at radius 1 is 1.08 bits per heavy atom. The maximum absolute atomic E-state index is 11.4. The maximum Gasteiger partial charge on any atom is 0.136 e. The summed E-state index contributed by atoms with van der Waals surface area (Å²) in [6, 6.07) is 10.5. The van der Waals surface area contributed by atoms with Crippen molar-refractivity contribution < 1.29 is 4.79 Å². The van der Waals surface area contributed by atoms with Gasteiger partial charge in [-0.05, 0) is 23.8 Å². The zero-order valence-electron chi connectivity index (χ0n) is 7.44. The fourth-order valence-corrected chi connectivity index (χ4v) is 2.78. The Morgan fingerprint density at radius 2 is 1.85 bits per heavy atom. The molecule has 0 aliphatic heterocycles. The molecule has 0 N–H and O–H groups in total. The summed E-state index contributed by atoms with van der Waals surface area (Å²) >= 11 is 0. The highest BCUT2D eigenvalue weighted by Crippen LogP contribution is 2.61. The molecule has 1 aromatic rings. The van der Waals surface area contributed by atoms with E-state index in [0.29, 0.717) is 23.5 Å². The summed E-state index contributed by atoms with van der Waals surface area (Å²) in [5.74, 6) is 2.15. The van der Waals surface area contributed by atoms with Crippen molar-refractivity contribution in [3.8, 4) is 0 Å². The third-order valence-electron chi connectivity index (χ3n) is 3.45. The molecule has 1 aromatic carbocycles. The van der Waals surface area contributed by atoms with Crippen molar-refractivity contribution in [3.63, 3.8) is 0 Å². The molecule has 2 aliphatic rings. The van der Waals surface area contributed by atoms with Crippen LogP contribution in [0.5, 0.6) is 0 Å². The Bertz CT molecular complexity index is 341. The lowest BCUT2D eigenvalue weighted by Gasteiger charge is -2.01. The summed E-state index contributed by atoms with van der Waals surface area (Å²) in [4.78, 5) is 11.4. The van der Waals surface area contributed by atoms with E-state index in [4.69, 9.17) is 0 Å². The molecule has 0 aromatic heterocycles. The van der Waals surface area contributed by atoms with Gasteiger partial charge in [0.1, 0.15) is 5.78 Å². The molecule has 2 saturated carbocycles. The average Bonchev–Trinajstić information content (AvgIpc) is 2.80. The van der Waals surface area contributed by atoms with E-state index in [1.54, 1.807) is 0 Å². The second kappa shape index (κ2) is 2.44. The van der Waals surface area contributed by atoms with Gasteiger partial charge >= 0.3 is 0 Å². The Morgan fingerprint density at radius 3 is 2.46 bits per heavy atom. The highest BCUT2D eigenvalue weighted by atomic mass is 16.1. The average molecular weight is 172 g/mol. The largest absolute Gasteiger partial charge is 0.299 e. The number of fused-ring (bicyclic) bond motifs is 1. The molecule has 3 atom stereocenters. The molecule has 2 fully saturated rings. The molecule has 1 nitrogen and oxygen atoms in total. The summed E-state index contributed by atoms with van der Waals surface area (Å²) in [5.41, 5.74) is 1.37. The minimum atomic E-state index is 0.391. The minimum absolute atomic E-state index is 0.391. The smallest absolute Gasteiger partial charge is 0.136 e. The van der Waals surface area contributed by atoms with E-state index < -0.39 is 0 Å². The van der Waals surface area contributed by atoms with Crippen LogP contribution in [-0.2, 0) is 4.79 Å². The zero-order chi connectivity index (χ0) is 8.84. The number of Topliss-reactive ketones (excluding diaryl/α,β-unsaturated/α-hetero) is 1. The van der Waals surface area contributed by atoms with Gasteiger partial charge in [0.05, 0.1) is 0 Å². The summed E-state index contributed by atoms with van der Waals surface area (Å²) in [5, 5.41) is 0. The fraction of sp³-hybridized carbons (Fsp3) is 0.417. The van der Waals surface area contributed by atoms with Crippen LogP contribution in [0.25, 0.3) is 0 Å². The first-order valence-electron chi connectivity index (χ1n) is 4.95. The molecule has 0 unspecified atom stereocenters. The quantitative estimate of drug-likeness (QED) is 0.635. The van der Waals surface area contributed by atoms with Gasteiger partial charge in [-0.25, -0.2) is 0 Å². The minimum Gasteiger partial charge on any atom is -0.299 e. The van der Waals surface area contributed by atoms with Gasteiger partial charge < -0.3 is 0 Å². The van der Waals surface area contributed by atoms with Gasteiger partial charge in [0.2, 0.25) is 0 Å². The van der Waals surface area contributed by atoms with Crippen LogP contribution in [0.4, 0.5) is 0 Å². The van der Waals surface area contributed by atoms with Crippen LogP contribution in [-0.4, -0.2) is 5.78 Å². The molecule has 0 heterocycles. The molecule has 2 aliphatic carbocycles. The second-order valence-electron chi connectivity index (χ2n) is 4.13. The summed E-state index contributed by atoms with van der Waals surface area (Å²) in [6.45, 7) is 0. The van der Waals surface area contributed by atoms with Crippen LogP contribution in [0, 0.1) is 11.8 Å². The van der Waals surface area contributed by atoms with Crippen molar-refractivity contribution in [2.24, 2.45) is 11.8 Å². The first kappa shape index (κ1) is 7.31. The molecule has 0 bridgehead atoms. The van der Waals surface area contributed by atoms with Gasteiger partial charge in [-0.2, -0.15) is 0 Å². The Balaban J connectivity index is 1.88. The monoisotopic (exact) mass is 172 g/mol. The maximum atomic E-state index is 11.4. The van der Waals surface area contributed by atoms with E-state index in [9.17, 15) is 4.79 Å². The predicted octanol–water partition coefficient (Wildman–Crippen LogP) is 2.38. The lowest BCUT2D eigenvalue weighted by atomic mass is 10.0. The van der Waals surface area contributed by atoms with Crippen molar-refractivity contribution in [1.29, 1.82) is 0 Å². The molecule has 3 rings (SSSR count). The number of ketones is 1. The van der Waals surface area contributed by atoms with Gasteiger partial charge in [0.25, 0.3) is 0 Å². The molecular weight excluding hydrogens is 160 g/mol. The van der Waals surface area contributed by atoms with E-state index >= 15 is 0 Å². The SMILES string of the molecule is O=C1CC[C@@H]2[C@H]1[C@@H]2c1ccccc1. The molecule has 0 radical (unpaired) electrons. The molecular formula is C12H12O. The van der Waals surface area contributed by atoms with E-state index in [0.717, 1.165) is 12.8 Å². The van der Waals surface area contributed by atoms with Crippen LogP contribution in [0.15, 0.2) is 30.3 Å². The Labute approximate surface area is 77.8 Å². The highest BCUT2D eigenvalue weighted by molar-refractivity contribution is 5.88. The fourth-order valence-electron chi connectivity index (χ4n) is 2.78. The van der Waals surface area contributed by atoms with E-state index in [1.165, 1.54) is 5.56 Å². The number of hydrogen-bond acceptors (Lipinski definition) is 1. The standard InChI is InChI=1S/C12H12O/c13-10-7-6-9-11(12(9)10)8-4-2-1-3-5-8/h1-5,9,11-12H,6-7H2/t9-,11+,12+/m0/s1. The van der Waals surface area contributed by atoms with Crippen molar-refractivity contribution >= 4 is 5.78 Å². The molecule has 0 saturated heterocycles. The van der Waals surface area contributed by atoms with Gasteiger partial charge in [0, 0.05) is 12.3 Å². The van der Waals surface area contributed by atoms with Crippen molar-refractivity contribution in [2.75, 3.05) is 0 Å². The van der Waals surface area contributed by atoms with Crippen LogP contribution >= 0.6 is 0 Å². The van der Waals surface area contributed by atoms with Crippen molar-refractivity contribution in [2.45, 2.75) is 18.8 Å². The van der Waals surface area contributed by atoms with Gasteiger partial charge in [0.15, 0.2) is 0 Å². The highest BCUT2D eigenvalue weighted by Gasteiger charge is 2.58. The predicted molar refractivity (Wildman–Crippen MR) is 50.4 cm³/mol. The molecule has 13 heavy (non-hydrogen) atoms. The van der Waals surface area contributed by atoms with Crippen LogP contribution < -0.4 is 0 Å². The number of hydrogen-bond donors (Lipinski definition) is 0. The van der Waals surface area contributed by atoms with E-state index in [-0.39, 0.29) is 0 Å². The normalized spacial score (nSPS) is 36.0. The Kier molecular flexibility index (Phi) is 1.37. The number of rotatable bonds is 1. The lowest BCUT2D eigenvalue weighted by Crippen LogP contribution is -1.98. The second-order valence-corrected chi connectivity index (χ2v) is 4.13. The molecule has 1 heteroatoms. The van der Waals surface area contributed by atoms with Crippen LogP contribution in [0.1, 0.15) is 24.3 Å². The number of carbonyl (C=O) groups excluding carboxylic acids is 1. The van der Waals surface area contributed by atoms with E-state index in [2.05, 4.69) is 24.3 Å². The third-order valence-corrected chi connectivity index (χ3v) is 3.45. The van der Waals surface area contributed by atoms with Crippen molar-refractivity contribution in [1.82, 2.24) is 0 Å². The van der Waals surface area contributed by atoms with Crippen LogP contribution in [0.3, 0.4) is 0 Å². The summed E-state index contributed by atoms with van der Waals surface area (Å²) < 4.78 is 0. The lowest BCUT2D eigenvalue weighted by molar-refractivity contribution is -0.119. The first-order valence-corrected chi connectivity index (χ1v) is 4.95. The molecule has 0 amide bonds. The number of benzene rings is 1. The van der Waals surface area contributed by atoms with Gasteiger partial charge in [-0.15, -0.1) is 0 Å². The third kappa shape index (κ3) is 0.963. The summed E-state index contributed by atoms with van der Waals surface area (Å²) in [6.07, 6.45) is 1.96. The first-order chi connectivity index (χ1) is 6.38. The Hall–Kier alpha value is -1.11. The van der Waals surface area contributed by atoms with Crippen molar-refractivity contribution in [3.05, 3.63) is 35.9 Å². The summed E-state index contributed by atoms with van der Waals surface area (Å²) in [7, 11) is 0.